The first-order chi connectivity index (χ1) is 14.6. The summed E-state index contributed by atoms with van der Waals surface area (Å²) in [5.74, 6) is -0.681. The van der Waals surface area contributed by atoms with Gasteiger partial charge in [0.1, 0.15) is 0 Å². The first-order valence-electron chi connectivity index (χ1n) is 10.6. The van der Waals surface area contributed by atoms with Gasteiger partial charge in [0.2, 0.25) is 5.91 Å². The average molecular weight is 408 g/mol. The Morgan fingerprint density at radius 3 is 2.67 bits per heavy atom. The molecule has 6 nitrogen and oxygen atoms in total. The first-order valence-corrected chi connectivity index (χ1v) is 10.6. The third kappa shape index (κ3) is 3.40. The van der Waals surface area contributed by atoms with Crippen molar-refractivity contribution in [2.24, 2.45) is 11.8 Å². The number of carbonyl (C=O) groups excluding carboxylic acids is 1. The summed E-state index contributed by atoms with van der Waals surface area (Å²) in [6.45, 7) is 5.39. The molecule has 1 aromatic heterocycles. The number of hydrogen-bond acceptors (Lipinski definition) is 4. The lowest BCUT2D eigenvalue weighted by atomic mass is 9.86. The molecular formula is C24H29N3O3. The topological polar surface area (TPSA) is 74.6 Å². The fraction of sp³-hybridized carbons (Fsp3) is 0.417. The van der Waals surface area contributed by atoms with E-state index in [1.54, 1.807) is 0 Å². The normalized spacial score (nSPS) is 25.4. The summed E-state index contributed by atoms with van der Waals surface area (Å²) < 4.78 is 1.81. The lowest BCUT2D eigenvalue weighted by Gasteiger charge is -2.38. The number of nitrogens with one attached hydrogen (secondary N) is 1. The minimum absolute atomic E-state index is 0.0341. The summed E-state index contributed by atoms with van der Waals surface area (Å²) in [5.41, 5.74) is 2.62. The number of aromatic nitrogens is 1. The Morgan fingerprint density at radius 2 is 2.00 bits per heavy atom. The standard InChI is InChI=1S/C24H29N3O3/c1-3-8-17-11-12-19-22-21(23(29)25-4-2)18(15-28)20(14-27(19)24(17)30)26(22)13-16-9-6-5-7-10-16/h3,5-12,18,20-22,28H,4,13-15H2,1-2H3,(H,25,29)/b8-3+/t18-,20-,21+,22+/m0/s1. The molecule has 4 atom stereocenters. The second-order valence-electron chi connectivity index (χ2n) is 8.07. The number of pyridine rings is 1. The largest absolute Gasteiger partial charge is 0.396 e. The lowest BCUT2D eigenvalue weighted by molar-refractivity contribution is -0.127. The third-order valence-electron chi connectivity index (χ3n) is 6.41. The summed E-state index contributed by atoms with van der Waals surface area (Å²) in [6, 6.07) is 13.6. The van der Waals surface area contributed by atoms with E-state index in [0.717, 1.165) is 11.3 Å². The van der Waals surface area contributed by atoms with Crippen LogP contribution in [0.25, 0.3) is 6.08 Å². The average Bonchev–Trinajstić information content (AvgIpc) is 2.95. The number of nitrogens with zero attached hydrogens (tertiary/aromatic N) is 2. The van der Waals surface area contributed by atoms with Crippen LogP contribution < -0.4 is 10.9 Å². The van der Waals surface area contributed by atoms with Crippen LogP contribution in [0.3, 0.4) is 0 Å². The second-order valence-corrected chi connectivity index (χ2v) is 8.07. The van der Waals surface area contributed by atoms with Crippen LogP contribution in [0.1, 0.15) is 36.7 Å². The maximum atomic E-state index is 13.1. The molecule has 1 amide bonds. The van der Waals surface area contributed by atoms with Crippen LogP contribution >= 0.6 is 0 Å². The van der Waals surface area contributed by atoms with Crippen molar-refractivity contribution >= 4 is 12.0 Å². The number of fused-ring (bicyclic) bond motifs is 4. The number of amides is 1. The van der Waals surface area contributed by atoms with Crippen LogP contribution in [-0.4, -0.2) is 39.7 Å². The van der Waals surface area contributed by atoms with Crippen molar-refractivity contribution in [2.75, 3.05) is 13.2 Å². The van der Waals surface area contributed by atoms with Gasteiger partial charge in [0.15, 0.2) is 0 Å². The predicted molar refractivity (Wildman–Crippen MR) is 117 cm³/mol. The predicted octanol–water partition coefficient (Wildman–Crippen LogP) is 2.18. The van der Waals surface area contributed by atoms with E-state index in [9.17, 15) is 14.7 Å². The number of hydrogen-bond donors (Lipinski definition) is 2. The molecule has 0 unspecified atom stereocenters. The zero-order valence-electron chi connectivity index (χ0n) is 17.5. The highest BCUT2D eigenvalue weighted by atomic mass is 16.3. The van der Waals surface area contributed by atoms with Crippen LogP contribution in [0.4, 0.5) is 0 Å². The number of aliphatic hydroxyl groups is 1. The molecule has 0 radical (unpaired) electrons. The van der Waals surface area contributed by atoms with Crippen molar-refractivity contribution in [3.05, 3.63) is 75.7 Å². The minimum Gasteiger partial charge on any atom is -0.396 e. The molecule has 3 heterocycles. The summed E-state index contributed by atoms with van der Waals surface area (Å²) in [5, 5.41) is 13.2. The summed E-state index contributed by atoms with van der Waals surface area (Å²) in [4.78, 5) is 28.5. The van der Waals surface area contributed by atoms with Gasteiger partial charge in [-0.2, -0.15) is 0 Å². The van der Waals surface area contributed by atoms with Gasteiger partial charge in [-0.1, -0.05) is 42.5 Å². The number of benzene rings is 1. The second kappa shape index (κ2) is 8.58. The monoisotopic (exact) mass is 407 g/mol. The van der Waals surface area contributed by atoms with Crippen molar-refractivity contribution in [3.63, 3.8) is 0 Å². The molecule has 6 heteroatoms. The maximum absolute atomic E-state index is 13.1. The Morgan fingerprint density at radius 1 is 1.23 bits per heavy atom. The molecule has 0 spiro atoms. The third-order valence-corrected chi connectivity index (χ3v) is 6.41. The smallest absolute Gasteiger partial charge is 0.258 e. The first kappa shape index (κ1) is 20.6. The summed E-state index contributed by atoms with van der Waals surface area (Å²) >= 11 is 0. The fourth-order valence-electron chi connectivity index (χ4n) is 5.15. The van der Waals surface area contributed by atoms with Crippen LogP contribution in [0, 0.1) is 11.8 Å². The lowest BCUT2D eigenvalue weighted by Crippen LogP contribution is -2.46. The van der Waals surface area contributed by atoms with E-state index in [-0.39, 0.29) is 36.1 Å². The van der Waals surface area contributed by atoms with Crippen molar-refractivity contribution in [3.8, 4) is 0 Å². The quantitative estimate of drug-likeness (QED) is 0.770. The van der Waals surface area contributed by atoms with E-state index < -0.39 is 5.92 Å². The summed E-state index contributed by atoms with van der Waals surface area (Å²) in [7, 11) is 0. The van der Waals surface area contributed by atoms with Gasteiger partial charge in [-0.3, -0.25) is 14.5 Å². The zero-order valence-corrected chi connectivity index (χ0v) is 17.5. The van der Waals surface area contributed by atoms with Crippen molar-refractivity contribution in [1.29, 1.82) is 0 Å². The van der Waals surface area contributed by atoms with E-state index in [4.69, 9.17) is 0 Å². The van der Waals surface area contributed by atoms with E-state index in [1.165, 1.54) is 0 Å². The molecule has 2 N–H and O–H groups in total. The molecule has 2 aliphatic rings. The highest BCUT2D eigenvalue weighted by Crippen LogP contribution is 2.48. The van der Waals surface area contributed by atoms with E-state index >= 15 is 0 Å². The molecule has 1 fully saturated rings. The molecule has 1 aromatic carbocycles. The highest BCUT2D eigenvalue weighted by Gasteiger charge is 2.55. The SMILES string of the molecule is C/C=C/c1ccc2n(c1=O)C[C@H]1[C@H](CO)[C@@H](C(=O)NCC)[C@@H]2N1Cc1ccccc1. The number of rotatable bonds is 6. The van der Waals surface area contributed by atoms with Gasteiger partial charge in [0.05, 0.1) is 12.0 Å². The summed E-state index contributed by atoms with van der Waals surface area (Å²) in [6.07, 6.45) is 3.68. The Hall–Kier alpha value is -2.70. The van der Waals surface area contributed by atoms with Gasteiger partial charge in [0.25, 0.3) is 5.56 Å². The highest BCUT2D eigenvalue weighted by molar-refractivity contribution is 5.80. The number of carbonyl (C=O) groups is 1. The van der Waals surface area contributed by atoms with Crippen LogP contribution in [0.2, 0.25) is 0 Å². The van der Waals surface area contributed by atoms with Crippen molar-refractivity contribution in [2.45, 2.75) is 39.0 Å². The molecule has 2 aromatic rings. The number of aliphatic hydroxyl groups excluding tert-OH is 1. The van der Waals surface area contributed by atoms with Gasteiger partial charge in [-0.15, -0.1) is 0 Å². The van der Waals surface area contributed by atoms with Crippen molar-refractivity contribution in [1.82, 2.24) is 14.8 Å². The van der Waals surface area contributed by atoms with Gasteiger partial charge in [0, 0.05) is 49.5 Å². The van der Waals surface area contributed by atoms with E-state index in [2.05, 4.69) is 22.3 Å². The Labute approximate surface area is 176 Å². The van der Waals surface area contributed by atoms with Crippen LogP contribution in [-0.2, 0) is 17.9 Å². The molecule has 0 aliphatic carbocycles. The molecule has 1 saturated heterocycles. The molecule has 158 valence electrons. The Balaban J connectivity index is 1.83. The van der Waals surface area contributed by atoms with Crippen LogP contribution in [0.5, 0.6) is 0 Å². The van der Waals surface area contributed by atoms with Crippen molar-refractivity contribution < 1.29 is 9.90 Å². The fourth-order valence-corrected chi connectivity index (χ4v) is 5.15. The van der Waals surface area contributed by atoms with Gasteiger partial charge in [-0.05, 0) is 31.5 Å². The maximum Gasteiger partial charge on any atom is 0.258 e. The van der Waals surface area contributed by atoms with Crippen LogP contribution in [0.15, 0.2) is 53.3 Å². The molecule has 2 bridgehead atoms. The molecular weight excluding hydrogens is 378 g/mol. The zero-order chi connectivity index (χ0) is 21.3. The Bertz CT molecular complexity index is 999. The molecule has 30 heavy (non-hydrogen) atoms. The van der Waals surface area contributed by atoms with E-state index in [0.29, 0.717) is 25.2 Å². The number of allylic oxidation sites excluding steroid dienone is 1. The van der Waals surface area contributed by atoms with Gasteiger partial charge < -0.3 is 15.0 Å². The Kier molecular flexibility index (Phi) is 5.88. The van der Waals surface area contributed by atoms with Gasteiger partial charge in [-0.25, -0.2) is 0 Å². The minimum atomic E-state index is -0.399. The molecule has 0 saturated carbocycles. The molecule has 4 rings (SSSR count). The molecule has 2 aliphatic heterocycles. The van der Waals surface area contributed by atoms with E-state index in [1.807, 2.05) is 60.9 Å². The van der Waals surface area contributed by atoms with Gasteiger partial charge >= 0.3 is 0 Å².